The number of hydrogen-bond acceptors (Lipinski definition) is 1. The van der Waals surface area contributed by atoms with Crippen LogP contribution in [0.3, 0.4) is 0 Å². The van der Waals surface area contributed by atoms with Crippen molar-refractivity contribution in [3.63, 3.8) is 0 Å². The van der Waals surface area contributed by atoms with Gasteiger partial charge in [0, 0.05) is 11.4 Å². The van der Waals surface area contributed by atoms with E-state index in [0.717, 1.165) is 12.0 Å². The number of rotatable bonds is 8. The maximum absolute atomic E-state index is 13.3. The molecule has 0 aliphatic heterocycles. The van der Waals surface area contributed by atoms with E-state index in [-0.39, 0.29) is 5.82 Å². The number of alkyl halides is 1. The van der Waals surface area contributed by atoms with Gasteiger partial charge in [-0.05, 0) is 30.0 Å². The number of ether oxygens (including phenoxy) is 1. The summed E-state index contributed by atoms with van der Waals surface area (Å²) in [5, 5.41) is 0.647. The highest BCUT2D eigenvalue weighted by Gasteiger charge is 2.08. The molecule has 1 rings (SSSR count). The third-order valence-electron chi connectivity index (χ3n) is 3.11. The van der Waals surface area contributed by atoms with Gasteiger partial charge in [0.05, 0.1) is 6.61 Å². The van der Waals surface area contributed by atoms with E-state index in [1.165, 1.54) is 31.4 Å². The first-order valence-corrected chi connectivity index (χ1v) is 7.80. The summed E-state index contributed by atoms with van der Waals surface area (Å²) in [4.78, 5) is 0. The maximum atomic E-state index is 13.3. The monoisotopic (exact) mass is 316 g/mol. The highest BCUT2D eigenvalue weighted by molar-refractivity contribution is 9.08. The predicted octanol–water partition coefficient (Wildman–Crippen LogP) is 5.32. The Balaban J connectivity index is 2.53. The van der Waals surface area contributed by atoms with Crippen LogP contribution in [-0.2, 0) is 5.33 Å². The fourth-order valence-electron chi connectivity index (χ4n) is 1.89. The molecule has 0 saturated carbocycles. The molecular formula is C15H22BrFO. The molecule has 0 heterocycles. The van der Waals surface area contributed by atoms with Gasteiger partial charge in [0.15, 0.2) is 0 Å². The summed E-state index contributed by atoms with van der Waals surface area (Å²) in [6, 6.07) is 4.87. The molecule has 0 aromatic heterocycles. The summed E-state index contributed by atoms with van der Waals surface area (Å²) in [6.07, 6.45) is 4.75. The molecule has 0 spiro atoms. The second-order valence-electron chi connectivity index (χ2n) is 4.66. The zero-order valence-corrected chi connectivity index (χ0v) is 12.8. The molecule has 0 radical (unpaired) electrons. The zero-order valence-electron chi connectivity index (χ0n) is 11.2. The van der Waals surface area contributed by atoms with Gasteiger partial charge in [0.2, 0.25) is 0 Å². The van der Waals surface area contributed by atoms with E-state index in [2.05, 4.69) is 29.8 Å². The lowest BCUT2D eigenvalue weighted by Crippen LogP contribution is -2.11. The largest absolute Gasteiger partial charge is 0.493 e. The lowest BCUT2D eigenvalue weighted by atomic mass is 10.0. The molecule has 1 aromatic carbocycles. The molecule has 0 amide bonds. The molecule has 102 valence electrons. The van der Waals surface area contributed by atoms with Crippen molar-refractivity contribution < 1.29 is 9.13 Å². The van der Waals surface area contributed by atoms with Crippen LogP contribution < -0.4 is 4.74 Å². The first-order valence-electron chi connectivity index (χ1n) is 6.67. The van der Waals surface area contributed by atoms with Crippen molar-refractivity contribution in [2.75, 3.05) is 6.61 Å². The van der Waals surface area contributed by atoms with E-state index >= 15 is 0 Å². The van der Waals surface area contributed by atoms with Crippen LogP contribution in [0.15, 0.2) is 18.2 Å². The number of hydrogen-bond donors (Lipinski definition) is 0. The maximum Gasteiger partial charge on any atom is 0.127 e. The van der Waals surface area contributed by atoms with Gasteiger partial charge in [-0.1, -0.05) is 49.0 Å². The summed E-state index contributed by atoms with van der Waals surface area (Å²) < 4.78 is 19.0. The highest BCUT2D eigenvalue weighted by atomic mass is 79.9. The summed E-state index contributed by atoms with van der Waals surface area (Å²) in [5.41, 5.74) is 0.909. The van der Waals surface area contributed by atoms with E-state index in [9.17, 15) is 4.39 Å². The second-order valence-corrected chi connectivity index (χ2v) is 5.22. The lowest BCUT2D eigenvalue weighted by Gasteiger charge is -2.16. The fraction of sp³-hybridized carbons (Fsp3) is 0.600. The van der Waals surface area contributed by atoms with Crippen LogP contribution in [0.4, 0.5) is 4.39 Å². The van der Waals surface area contributed by atoms with Crippen LogP contribution in [0.25, 0.3) is 0 Å². The molecular weight excluding hydrogens is 295 g/mol. The Labute approximate surface area is 118 Å². The zero-order chi connectivity index (χ0) is 13.4. The smallest absolute Gasteiger partial charge is 0.127 e. The van der Waals surface area contributed by atoms with Gasteiger partial charge in [0.1, 0.15) is 11.6 Å². The van der Waals surface area contributed by atoms with Gasteiger partial charge < -0.3 is 4.74 Å². The van der Waals surface area contributed by atoms with Gasteiger partial charge in [-0.15, -0.1) is 0 Å². The Kier molecular flexibility index (Phi) is 7.33. The summed E-state index contributed by atoms with van der Waals surface area (Å²) in [5.74, 6) is 0.976. The first-order chi connectivity index (χ1) is 8.69. The van der Waals surface area contributed by atoms with Crippen molar-refractivity contribution in [1.82, 2.24) is 0 Å². The lowest BCUT2D eigenvalue weighted by molar-refractivity contribution is 0.232. The number of unbranched alkanes of at least 4 members (excludes halogenated alkanes) is 1. The minimum atomic E-state index is -0.233. The van der Waals surface area contributed by atoms with Crippen molar-refractivity contribution in [3.8, 4) is 5.75 Å². The minimum Gasteiger partial charge on any atom is -0.493 e. The van der Waals surface area contributed by atoms with Crippen LogP contribution in [-0.4, -0.2) is 6.61 Å². The SMILES string of the molecule is CCCCC(CC)COc1cc(F)cc(CBr)c1. The molecule has 0 bridgehead atoms. The summed E-state index contributed by atoms with van der Waals surface area (Å²) in [6.45, 7) is 5.06. The topological polar surface area (TPSA) is 9.23 Å². The average Bonchev–Trinajstić information content (AvgIpc) is 2.38. The molecule has 0 saturated heterocycles. The van der Waals surface area contributed by atoms with Crippen molar-refractivity contribution in [2.24, 2.45) is 5.92 Å². The van der Waals surface area contributed by atoms with E-state index in [0.29, 0.717) is 23.6 Å². The van der Waals surface area contributed by atoms with Crippen molar-refractivity contribution in [3.05, 3.63) is 29.6 Å². The van der Waals surface area contributed by atoms with Crippen LogP contribution >= 0.6 is 15.9 Å². The van der Waals surface area contributed by atoms with Gasteiger partial charge in [-0.25, -0.2) is 4.39 Å². The normalized spacial score (nSPS) is 12.4. The molecule has 0 fully saturated rings. The van der Waals surface area contributed by atoms with Gasteiger partial charge in [-0.3, -0.25) is 0 Å². The van der Waals surface area contributed by atoms with Crippen LogP contribution in [0.5, 0.6) is 5.75 Å². The van der Waals surface area contributed by atoms with Crippen LogP contribution in [0.1, 0.15) is 45.1 Å². The Morgan fingerprint density at radius 3 is 2.67 bits per heavy atom. The number of benzene rings is 1. The Hall–Kier alpha value is -0.570. The standard InChI is InChI=1S/C15H22BrFO/c1-3-5-6-12(4-2)11-18-15-8-13(10-16)7-14(17)9-15/h7-9,12H,3-6,10-11H2,1-2H3. The van der Waals surface area contributed by atoms with Gasteiger partial charge >= 0.3 is 0 Å². The van der Waals surface area contributed by atoms with Gasteiger partial charge in [-0.2, -0.15) is 0 Å². The average molecular weight is 317 g/mol. The second kappa shape index (κ2) is 8.52. The first kappa shape index (κ1) is 15.5. The predicted molar refractivity (Wildman–Crippen MR) is 77.8 cm³/mol. The molecule has 1 aromatic rings. The Morgan fingerprint density at radius 2 is 2.06 bits per heavy atom. The molecule has 0 aliphatic rings. The van der Waals surface area contributed by atoms with Crippen molar-refractivity contribution in [2.45, 2.75) is 44.9 Å². The van der Waals surface area contributed by atoms with E-state index < -0.39 is 0 Å². The minimum absolute atomic E-state index is 0.233. The third kappa shape index (κ3) is 5.38. The van der Waals surface area contributed by atoms with E-state index in [1.54, 1.807) is 0 Å². The van der Waals surface area contributed by atoms with Crippen LogP contribution in [0.2, 0.25) is 0 Å². The molecule has 1 nitrogen and oxygen atoms in total. The molecule has 0 aliphatic carbocycles. The van der Waals surface area contributed by atoms with Crippen molar-refractivity contribution in [1.29, 1.82) is 0 Å². The quantitative estimate of drug-likeness (QED) is 0.590. The van der Waals surface area contributed by atoms with E-state index in [4.69, 9.17) is 4.74 Å². The van der Waals surface area contributed by atoms with Crippen molar-refractivity contribution >= 4 is 15.9 Å². The molecule has 1 unspecified atom stereocenters. The summed E-state index contributed by atoms with van der Waals surface area (Å²) >= 11 is 3.33. The molecule has 0 N–H and O–H groups in total. The Morgan fingerprint density at radius 1 is 1.28 bits per heavy atom. The number of halogens is 2. The van der Waals surface area contributed by atoms with Gasteiger partial charge in [0.25, 0.3) is 0 Å². The van der Waals surface area contributed by atoms with Crippen LogP contribution in [0, 0.1) is 11.7 Å². The molecule has 1 atom stereocenters. The van der Waals surface area contributed by atoms with E-state index in [1.807, 2.05) is 6.07 Å². The molecule has 18 heavy (non-hydrogen) atoms. The molecule has 3 heteroatoms. The fourth-order valence-corrected chi connectivity index (χ4v) is 2.22. The summed E-state index contributed by atoms with van der Waals surface area (Å²) in [7, 11) is 0. The third-order valence-corrected chi connectivity index (χ3v) is 3.76. The highest BCUT2D eigenvalue weighted by Crippen LogP contribution is 2.20. The Bertz CT molecular complexity index is 354.